The molecule has 1 aromatic carbocycles. The maximum absolute atomic E-state index is 13.0. The fourth-order valence-electron chi connectivity index (χ4n) is 4.31. The normalized spacial score (nSPS) is 24.8. The third-order valence-corrected chi connectivity index (χ3v) is 5.83. The highest BCUT2D eigenvalue weighted by Gasteiger charge is 2.39. The summed E-state index contributed by atoms with van der Waals surface area (Å²) in [4.78, 5) is 28.5. The van der Waals surface area contributed by atoms with Crippen LogP contribution in [0.4, 0.5) is 0 Å². The van der Waals surface area contributed by atoms with Crippen molar-refractivity contribution in [2.24, 2.45) is 5.92 Å². The maximum Gasteiger partial charge on any atom is 0.253 e. The first kappa shape index (κ1) is 18.9. The predicted octanol–water partition coefficient (Wildman–Crippen LogP) is 2.66. The Bertz CT molecular complexity index is 627. The zero-order chi connectivity index (χ0) is 18.7. The van der Waals surface area contributed by atoms with Gasteiger partial charge in [-0.2, -0.15) is 0 Å². The van der Waals surface area contributed by atoms with Crippen LogP contribution < -0.4 is 5.32 Å². The van der Waals surface area contributed by atoms with Gasteiger partial charge in [0.15, 0.2) is 0 Å². The van der Waals surface area contributed by atoms with Crippen molar-refractivity contribution in [2.45, 2.75) is 57.7 Å². The summed E-state index contributed by atoms with van der Waals surface area (Å²) in [6.45, 7) is 3.33. The van der Waals surface area contributed by atoms with Gasteiger partial charge >= 0.3 is 0 Å². The van der Waals surface area contributed by atoms with E-state index in [1.807, 2.05) is 36.1 Å². The molecule has 1 aliphatic heterocycles. The van der Waals surface area contributed by atoms with Crippen molar-refractivity contribution in [3.05, 3.63) is 35.4 Å². The molecule has 5 nitrogen and oxygen atoms in total. The van der Waals surface area contributed by atoms with Crippen LogP contribution in [-0.2, 0) is 11.3 Å². The van der Waals surface area contributed by atoms with Crippen molar-refractivity contribution in [2.75, 3.05) is 20.6 Å². The second-order valence-electron chi connectivity index (χ2n) is 7.85. The summed E-state index contributed by atoms with van der Waals surface area (Å²) in [5, 5.41) is 3.59. The van der Waals surface area contributed by atoms with E-state index >= 15 is 0 Å². The molecule has 1 saturated carbocycles. The molecule has 3 rings (SSSR count). The van der Waals surface area contributed by atoms with E-state index in [1.54, 1.807) is 19.0 Å². The summed E-state index contributed by atoms with van der Waals surface area (Å²) >= 11 is 0. The van der Waals surface area contributed by atoms with Crippen molar-refractivity contribution in [1.29, 1.82) is 0 Å². The van der Waals surface area contributed by atoms with Crippen molar-refractivity contribution < 1.29 is 9.59 Å². The second-order valence-corrected chi connectivity index (χ2v) is 7.85. The lowest BCUT2D eigenvalue weighted by molar-refractivity contribution is -0.133. The molecule has 1 aliphatic carbocycles. The van der Waals surface area contributed by atoms with Gasteiger partial charge in [0.2, 0.25) is 5.91 Å². The third kappa shape index (κ3) is 4.09. The first-order chi connectivity index (χ1) is 12.5. The van der Waals surface area contributed by atoms with Gasteiger partial charge in [0, 0.05) is 38.8 Å². The Morgan fingerprint density at radius 2 is 1.81 bits per heavy atom. The summed E-state index contributed by atoms with van der Waals surface area (Å²) in [6, 6.07) is 8.10. The molecule has 0 spiro atoms. The Kier molecular flexibility index (Phi) is 5.97. The van der Waals surface area contributed by atoms with Gasteiger partial charge in [-0.05, 0) is 49.8 Å². The largest absolute Gasteiger partial charge is 0.345 e. The molecule has 0 aromatic heterocycles. The van der Waals surface area contributed by atoms with Gasteiger partial charge in [0.1, 0.15) is 0 Å². The van der Waals surface area contributed by atoms with Gasteiger partial charge in [0.25, 0.3) is 5.91 Å². The van der Waals surface area contributed by atoms with Crippen LogP contribution in [0.25, 0.3) is 0 Å². The van der Waals surface area contributed by atoms with Gasteiger partial charge in [-0.1, -0.05) is 25.0 Å². The molecule has 2 aliphatic rings. The van der Waals surface area contributed by atoms with Crippen LogP contribution in [0.1, 0.15) is 54.9 Å². The molecule has 1 heterocycles. The SMILES string of the molecule is CCN(Cc1ccc(C(=O)N(C)C)cc1)C(=O)C1CC2CCCCC2N1. The van der Waals surface area contributed by atoms with E-state index in [0.717, 1.165) is 12.0 Å². The number of amides is 2. The summed E-state index contributed by atoms with van der Waals surface area (Å²) in [5.74, 6) is 0.890. The Morgan fingerprint density at radius 1 is 1.12 bits per heavy atom. The van der Waals surface area contributed by atoms with Crippen molar-refractivity contribution >= 4 is 11.8 Å². The van der Waals surface area contributed by atoms with E-state index in [2.05, 4.69) is 5.32 Å². The van der Waals surface area contributed by atoms with Gasteiger partial charge in [-0.3, -0.25) is 9.59 Å². The second kappa shape index (κ2) is 8.21. The predicted molar refractivity (Wildman–Crippen MR) is 103 cm³/mol. The first-order valence-electron chi connectivity index (χ1n) is 9.85. The molecule has 142 valence electrons. The minimum atomic E-state index is -0.0300. The van der Waals surface area contributed by atoms with E-state index < -0.39 is 0 Å². The molecule has 26 heavy (non-hydrogen) atoms. The van der Waals surface area contributed by atoms with E-state index in [-0.39, 0.29) is 17.9 Å². The van der Waals surface area contributed by atoms with E-state index in [1.165, 1.54) is 25.7 Å². The highest BCUT2D eigenvalue weighted by Crippen LogP contribution is 2.33. The monoisotopic (exact) mass is 357 g/mol. The van der Waals surface area contributed by atoms with Crippen LogP contribution in [0.2, 0.25) is 0 Å². The van der Waals surface area contributed by atoms with E-state index in [0.29, 0.717) is 30.6 Å². The van der Waals surface area contributed by atoms with Gasteiger partial charge in [0.05, 0.1) is 6.04 Å². The Hall–Kier alpha value is -1.88. The topological polar surface area (TPSA) is 52.7 Å². The quantitative estimate of drug-likeness (QED) is 0.881. The third-order valence-electron chi connectivity index (χ3n) is 5.83. The standard InChI is InChI=1S/C21H31N3O2/c1-4-24(14-15-9-11-16(12-10-15)20(25)23(2)3)21(26)19-13-17-7-5-6-8-18(17)22-19/h9-12,17-19,22H,4-8,13-14H2,1-3H3. The molecule has 5 heteroatoms. The molecule has 3 unspecified atom stereocenters. The number of carbonyl (C=O) groups is 2. The van der Waals surface area contributed by atoms with Crippen molar-refractivity contribution in [1.82, 2.24) is 15.1 Å². The number of rotatable bonds is 5. The van der Waals surface area contributed by atoms with Crippen LogP contribution in [0.3, 0.4) is 0 Å². The number of likely N-dealkylation sites (N-methyl/N-ethyl adjacent to an activating group) is 1. The number of hydrogen-bond donors (Lipinski definition) is 1. The fraction of sp³-hybridized carbons (Fsp3) is 0.619. The van der Waals surface area contributed by atoms with E-state index in [4.69, 9.17) is 0 Å². The molecule has 0 bridgehead atoms. The first-order valence-corrected chi connectivity index (χ1v) is 9.85. The Labute approximate surface area is 156 Å². The van der Waals surface area contributed by atoms with Crippen LogP contribution >= 0.6 is 0 Å². The highest BCUT2D eigenvalue weighted by atomic mass is 16.2. The Balaban J connectivity index is 1.62. The average Bonchev–Trinajstić information content (AvgIpc) is 3.09. The summed E-state index contributed by atoms with van der Waals surface area (Å²) < 4.78 is 0. The summed E-state index contributed by atoms with van der Waals surface area (Å²) in [5.41, 5.74) is 1.74. The molecule has 1 aromatic rings. The fourth-order valence-corrected chi connectivity index (χ4v) is 4.31. The average molecular weight is 357 g/mol. The lowest BCUT2D eigenvalue weighted by Crippen LogP contribution is -2.45. The van der Waals surface area contributed by atoms with Crippen LogP contribution in [0.5, 0.6) is 0 Å². The zero-order valence-corrected chi connectivity index (χ0v) is 16.2. The van der Waals surface area contributed by atoms with Crippen LogP contribution in [0, 0.1) is 5.92 Å². The maximum atomic E-state index is 13.0. The number of benzene rings is 1. The van der Waals surface area contributed by atoms with Crippen LogP contribution in [-0.4, -0.2) is 54.3 Å². The number of nitrogens with one attached hydrogen (secondary N) is 1. The number of fused-ring (bicyclic) bond motifs is 1. The summed E-state index contributed by atoms with van der Waals surface area (Å²) in [7, 11) is 3.50. The minimum absolute atomic E-state index is 0.00210. The molecule has 3 atom stereocenters. The summed E-state index contributed by atoms with van der Waals surface area (Å²) in [6.07, 6.45) is 6.04. The molecule has 1 saturated heterocycles. The minimum Gasteiger partial charge on any atom is -0.345 e. The smallest absolute Gasteiger partial charge is 0.253 e. The molecular formula is C21H31N3O2. The van der Waals surface area contributed by atoms with Gasteiger partial charge < -0.3 is 15.1 Å². The van der Waals surface area contributed by atoms with Gasteiger partial charge in [-0.25, -0.2) is 0 Å². The lowest BCUT2D eigenvalue weighted by Gasteiger charge is -2.25. The molecule has 2 fully saturated rings. The molecule has 1 N–H and O–H groups in total. The van der Waals surface area contributed by atoms with Crippen LogP contribution in [0.15, 0.2) is 24.3 Å². The molecule has 0 radical (unpaired) electrons. The van der Waals surface area contributed by atoms with Gasteiger partial charge in [-0.15, -0.1) is 0 Å². The zero-order valence-electron chi connectivity index (χ0n) is 16.2. The highest BCUT2D eigenvalue weighted by molar-refractivity contribution is 5.93. The lowest BCUT2D eigenvalue weighted by atomic mass is 9.85. The molecular weight excluding hydrogens is 326 g/mol. The molecule has 2 amide bonds. The number of carbonyl (C=O) groups excluding carboxylic acids is 2. The van der Waals surface area contributed by atoms with E-state index in [9.17, 15) is 9.59 Å². The van der Waals surface area contributed by atoms with Crippen molar-refractivity contribution in [3.63, 3.8) is 0 Å². The van der Waals surface area contributed by atoms with Crippen molar-refractivity contribution in [3.8, 4) is 0 Å². The number of nitrogens with zero attached hydrogens (tertiary/aromatic N) is 2. The Morgan fingerprint density at radius 3 is 2.42 bits per heavy atom. The number of hydrogen-bond acceptors (Lipinski definition) is 3.